The second kappa shape index (κ2) is 9.08. The lowest BCUT2D eigenvalue weighted by atomic mass is 10.2. The maximum absolute atomic E-state index is 12.4. The zero-order valence-corrected chi connectivity index (χ0v) is 17.6. The highest BCUT2D eigenvalue weighted by molar-refractivity contribution is 7.99. The summed E-state index contributed by atoms with van der Waals surface area (Å²) in [7, 11) is 1.63. The van der Waals surface area contributed by atoms with Gasteiger partial charge in [-0.25, -0.2) is 0 Å². The van der Waals surface area contributed by atoms with Crippen LogP contribution in [0.4, 0.5) is 5.69 Å². The quantitative estimate of drug-likeness (QED) is 0.579. The van der Waals surface area contributed by atoms with Gasteiger partial charge in [0.2, 0.25) is 5.91 Å². The minimum Gasteiger partial charge on any atom is -0.497 e. The molecule has 0 spiro atoms. The van der Waals surface area contributed by atoms with E-state index in [-0.39, 0.29) is 11.7 Å². The normalized spacial score (nSPS) is 12.5. The van der Waals surface area contributed by atoms with Crippen LogP contribution in [-0.4, -0.2) is 46.7 Å². The summed E-state index contributed by atoms with van der Waals surface area (Å²) < 4.78 is 18.3. The van der Waals surface area contributed by atoms with Gasteiger partial charge in [-0.05, 0) is 31.2 Å². The smallest absolute Gasteiger partial charge is 0.234 e. The van der Waals surface area contributed by atoms with Crippen molar-refractivity contribution in [3.8, 4) is 28.6 Å². The van der Waals surface area contributed by atoms with Gasteiger partial charge >= 0.3 is 0 Å². The summed E-state index contributed by atoms with van der Waals surface area (Å²) in [5, 5.41) is 12.2. The molecule has 1 aliphatic rings. The van der Waals surface area contributed by atoms with Gasteiger partial charge in [-0.2, -0.15) is 0 Å². The van der Waals surface area contributed by atoms with Crippen molar-refractivity contribution >= 4 is 23.4 Å². The van der Waals surface area contributed by atoms with E-state index < -0.39 is 0 Å². The second-order valence-electron chi connectivity index (χ2n) is 6.48. The highest BCUT2D eigenvalue weighted by Gasteiger charge is 2.16. The number of aromatic nitrogens is 3. The number of fused-ring (bicyclic) bond motifs is 1. The first kappa shape index (κ1) is 20.1. The molecule has 0 bridgehead atoms. The zero-order chi connectivity index (χ0) is 20.9. The molecular weight excluding hydrogens is 404 g/mol. The molecule has 9 heteroatoms. The molecule has 1 N–H and O–H groups in total. The molecule has 0 unspecified atom stereocenters. The van der Waals surface area contributed by atoms with Crippen LogP contribution in [0.15, 0.2) is 47.6 Å². The maximum Gasteiger partial charge on any atom is 0.234 e. The van der Waals surface area contributed by atoms with Gasteiger partial charge in [-0.1, -0.05) is 23.9 Å². The first-order valence-corrected chi connectivity index (χ1v) is 10.6. The van der Waals surface area contributed by atoms with Gasteiger partial charge in [-0.3, -0.25) is 4.79 Å². The molecule has 3 aromatic rings. The number of amides is 1. The fourth-order valence-corrected chi connectivity index (χ4v) is 3.91. The summed E-state index contributed by atoms with van der Waals surface area (Å²) >= 11 is 1.34. The Morgan fingerprint density at radius 3 is 2.80 bits per heavy atom. The van der Waals surface area contributed by atoms with Crippen LogP contribution in [0.1, 0.15) is 6.92 Å². The Hall–Kier alpha value is -3.20. The molecule has 1 amide bonds. The van der Waals surface area contributed by atoms with Crippen molar-refractivity contribution in [3.05, 3.63) is 42.5 Å². The molecule has 4 rings (SSSR count). The van der Waals surface area contributed by atoms with Crippen LogP contribution < -0.4 is 19.5 Å². The summed E-state index contributed by atoms with van der Waals surface area (Å²) in [6.07, 6.45) is 0. The number of hydrogen-bond acceptors (Lipinski definition) is 7. The van der Waals surface area contributed by atoms with Gasteiger partial charge in [0.1, 0.15) is 19.0 Å². The molecule has 0 aliphatic carbocycles. The first-order chi connectivity index (χ1) is 14.7. The lowest BCUT2D eigenvalue weighted by Crippen LogP contribution is -2.17. The van der Waals surface area contributed by atoms with E-state index in [9.17, 15) is 4.79 Å². The molecule has 0 atom stereocenters. The third-order valence-electron chi connectivity index (χ3n) is 4.52. The SMILES string of the molecule is CCn1c(SCC(=O)Nc2ccc3c(c2)OCCO3)nnc1-c1cccc(OC)c1. The summed E-state index contributed by atoms with van der Waals surface area (Å²) in [5.41, 5.74) is 1.58. The van der Waals surface area contributed by atoms with Crippen molar-refractivity contribution in [1.82, 2.24) is 14.8 Å². The lowest BCUT2D eigenvalue weighted by Gasteiger charge is -2.19. The first-order valence-electron chi connectivity index (χ1n) is 9.58. The van der Waals surface area contributed by atoms with Crippen molar-refractivity contribution in [2.24, 2.45) is 0 Å². The standard InChI is InChI=1S/C21H22N4O4S/c1-3-25-20(14-5-4-6-16(11-14)27-2)23-24-21(25)30-13-19(26)22-15-7-8-17-18(12-15)29-10-9-28-17/h4-8,11-12H,3,9-10,13H2,1-2H3,(H,22,26). The number of rotatable bonds is 7. The number of thioether (sulfide) groups is 1. The topological polar surface area (TPSA) is 87.5 Å². The van der Waals surface area contributed by atoms with Crippen molar-refractivity contribution in [1.29, 1.82) is 0 Å². The number of carbonyl (C=O) groups is 1. The fraction of sp³-hybridized carbons (Fsp3) is 0.286. The Kier molecular flexibility index (Phi) is 6.08. The molecule has 2 heterocycles. The molecule has 0 saturated heterocycles. The molecule has 156 valence electrons. The van der Waals surface area contributed by atoms with E-state index >= 15 is 0 Å². The summed E-state index contributed by atoms with van der Waals surface area (Å²) in [6, 6.07) is 13.0. The van der Waals surface area contributed by atoms with Gasteiger partial charge in [0.05, 0.1) is 12.9 Å². The second-order valence-corrected chi connectivity index (χ2v) is 7.42. The van der Waals surface area contributed by atoms with Crippen LogP contribution in [0.5, 0.6) is 17.2 Å². The van der Waals surface area contributed by atoms with Gasteiger partial charge in [0, 0.05) is 23.9 Å². The monoisotopic (exact) mass is 426 g/mol. The van der Waals surface area contributed by atoms with Crippen LogP contribution >= 0.6 is 11.8 Å². The van der Waals surface area contributed by atoms with Crippen molar-refractivity contribution in [3.63, 3.8) is 0 Å². The lowest BCUT2D eigenvalue weighted by molar-refractivity contribution is -0.113. The summed E-state index contributed by atoms with van der Waals surface area (Å²) in [4.78, 5) is 12.4. The summed E-state index contributed by atoms with van der Waals surface area (Å²) in [6.45, 7) is 3.74. The van der Waals surface area contributed by atoms with Gasteiger partial charge < -0.3 is 24.1 Å². The Labute approximate surface area is 178 Å². The number of nitrogens with zero attached hydrogens (tertiary/aromatic N) is 3. The van der Waals surface area contributed by atoms with Gasteiger partial charge in [0.25, 0.3) is 0 Å². The Balaban J connectivity index is 1.42. The summed E-state index contributed by atoms with van der Waals surface area (Å²) in [5.74, 6) is 2.91. The average molecular weight is 426 g/mol. The third-order valence-corrected chi connectivity index (χ3v) is 5.49. The molecule has 1 aromatic heterocycles. The maximum atomic E-state index is 12.4. The van der Waals surface area contributed by atoms with E-state index in [2.05, 4.69) is 15.5 Å². The zero-order valence-electron chi connectivity index (χ0n) is 16.8. The molecule has 0 radical (unpaired) electrons. The van der Waals surface area contributed by atoms with E-state index in [0.717, 1.165) is 17.1 Å². The fourth-order valence-electron chi connectivity index (χ4n) is 3.10. The largest absolute Gasteiger partial charge is 0.497 e. The number of hydrogen-bond donors (Lipinski definition) is 1. The molecule has 2 aromatic carbocycles. The van der Waals surface area contributed by atoms with Crippen molar-refractivity contribution < 1.29 is 19.0 Å². The Bertz CT molecular complexity index is 1050. The Morgan fingerprint density at radius 2 is 2.00 bits per heavy atom. The van der Waals surface area contributed by atoms with Crippen molar-refractivity contribution in [2.75, 3.05) is 31.4 Å². The van der Waals surface area contributed by atoms with Crippen LogP contribution in [0, 0.1) is 0 Å². The van der Waals surface area contributed by atoms with E-state index in [1.54, 1.807) is 25.3 Å². The molecule has 0 saturated carbocycles. The highest BCUT2D eigenvalue weighted by atomic mass is 32.2. The van der Waals surface area contributed by atoms with E-state index in [0.29, 0.717) is 42.1 Å². The van der Waals surface area contributed by atoms with Crippen LogP contribution in [0.3, 0.4) is 0 Å². The Morgan fingerprint density at radius 1 is 1.17 bits per heavy atom. The molecule has 1 aliphatic heterocycles. The number of nitrogens with one attached hydrogen (secondary N) is 1. The number of anilines is 1. The van der Waals surface area contributed by atoms with E-state index in [1.165, 1.54) is 11.8 Å². The van der Waals surface area contributed by atoms with E-state index in [4.69, 9.17) is 14.2 Å². The number of methoxy groups -OCH3 is 1. The molecular formula is C21H22N4O4S. The predicted octanol–water partition coefficient (Wildman–Crippen LogP) is 3.48. The molecule has 8 nitrogen and oxygen atoms in total. The minimum atomic E-state index is -0.134. The molecule has 30 heavy (non-hydrogen) atoms. The van der Waals surface area contributed by atoms with Crippen LogP contribution in [-0.2, 0) is 11.3 Å². The average Bonchev–Trinajstić information content (AvgIpc) is 3.20. The van der Waals surface area contributed by atoms with Crippen LogP contribution in [0.2, 0.25) is 0 Å². The van der Waals surface area contributed by atoms with E-state index in [1.807, 2.05) is 35.8 Å². The van der Waals surface area contributed by atoms with Gasteiger partial charge in [-0.15, -0.1) is 10.2 Å². The highest BCUT2D eigenvalue weighted by Crippen LogP contribution is 2.33. The van der Waals surface area contributed by atoms with Gasteiger partial charge in [0.15, 0.2) is 22.5 Å². The number of carbonyl (C=O) groups excluding carboxylic acids is 1. The molecule has 0 fully saturated rings. The minimum absolute atomic E-state index is 0.134. The third kappa shape index (κ3) is 4.35. The van der Waals surface area contributed by atoms with Crippen molar-refractivity contribution in [2.45, 2.75) is 18.6 Å². The number of ether oxygens (including phenoxy) is 3. The number of benzene rings is 2. The predicted molar refractivity (Wildman–Crippen MR) is 114 cm³/mol. The van der Waals surface area contributed by atoms with Crippen LogP contribution in [0.25, 0.3) is 11.4 Å².